The number of carbonyl (C=O) groups excluding carboxylic acids is 1. The molecule has 1 amide bonds. The second-order valence-electron chi connectivity index (χ2n) is 6.31. The van der Waals surface area contributed by atoms with E-state index in [1.54, 1.807) is 0 Å². The fraction of sp³-hybridized carbons (Fsp3) is 0.588. The van der Waals surface area contributed by atoms with Gasteiger partial charge in [-0.2, -0.15) is 0 Å². The SMILES string of the molecule is CO[C@H]1O[C@@H]2COC(c3ccccc3)O[C@H]2[C@H](O)[C@H]1NC(=O)OCC(Cl)(Cl)Cl. The minimum atomic E-state index is -1.75. The Balaban J connectivity index is 1.67. The van der Waals surface area contributed by atoms with Crippen LogP contribution in [0.2, 0.25) is 0 Å². The summed E-state index contributed by atoms with van der Waals surface area (Å²) in [5.74, 6) is 0. The molecule has 0 saturated carbocycles. The average molecular weight is 457 g/mol. The second kappa shape index (κ2) is 9.32. The highest BCUT2D eigenvalue weighted by atomic mass is 35.6. The zero-order chi connectivity index (χ0) is 20.3. The molecule has 2 saturated heterocycles. The number of halogens is 3. The molecule has 11 heteroatoms. The van der Waals surface area contributed by atoms with E-state index in [0.29, 0.717) is 0 Å². The molecule has 3 rings (SSSR count). The van der Waals surface area contributed by atoms with Crippen LogP contribution >= 0.6 is 34.8 Å². The molecule has 28 heavy (non-hydrogen) atoms. The number of nitrogens with one attached hydrogen (secondary N) is 1. The topological polar surface area (TPSA) is 95.5 Å². The standard InChI is InChI=1S/C17H20Cl3NO7/c1-24-15-11(21-16(23)26-8-17(18,19)20)12(22)13-10(27-15)7-25-14(28-13)9-5-3-2-4-6-9/h2-6,10-15,22H,7-8H2,1H3,(H,21,23)/t10-,11-,12-,13-,14?,15+/m1/s1. The van der Waals surface area contributed by atoms with Crippen molar-refractivity contribution in [3.63, 3.8) is 0 Å². The van der Waals surface area contributed by atoms with Gasteiger partial charge in [0.15, 0.2) is 12.6 Å². The van der Waals surface area contributed by atoms with Gasteiger partial charge in [-0.25, -0.2) is 4.79 Å². The minimum Gasteiger partial charge on any atom is -0.445 e. The zero-order valence-corrected chi connectivity index (χ0v) is 17.1. The molecule has 1 aromatic carbocycles. The van der Waals surface area contributed by atoms with E-state index in [4.69, 9.17) is 58.5 Å². The zero-order valence-electron chi connectivity index (χ0n) is 14.8. The first-order valence-electron chi connectivity index (χ1n) is 8.47. The highest BCUT2D eigenvalue weighted by Gasteiger charge is 2.50. The van der Waals surface area contributed by atoms with Crippen LogP contribution in [0.15, 0.2) is 30.3 Å². The maximum atomic E-state index is 12.0. The summed E-state index contributed by atoms with van der Waals surface area (Å²) in [6, 6.07) is 8.32. The van der Waals surface area contributed by atoms with Crippen molar-refractivity contribution in [1.29, 1.82) is 0 Å². The highest BCUT2D eigenvalue weighted by Crippen LogP contribution is 2.34. The van der Waals surface area contributed by atoms with Crippen molar-refractivity contribution >= 4 is 40.9 Å². The van der Waals surface area contributed by atoms with Gasteiger partial charge in [0.25, 0.3) is 0 Å². The van der Waals surface area contributed by atoms with Gasteiger partial charge < -0.3 is 34.1 Å². The third-order valence-electron chi connectivity index (χ3n) is 4.32. The largest absolute Gasteiger partial charge is 0.445 e. The average Bonchev–Trinajstić information content (AvgIpc) is 2.68. The molecular formula is C17H20Cl3NO7. The monoisotopic (exact) mass is 455 g/mol. The Hall–Kier alpha value is -0.840. The molecule has 0 radical (unpaired) electrons. The number of alkyl halides is 3. The van der Waals surface area contributed by atoms with Crippen LogP contribution in [0.25, 0.3) is 0 Å². The van der Waals surface area contributed by atoms with Crippen LogP contribution in [0.5, 0.6) is 0 Å². The molecular weight excluding hydrogens is 437 g/mol. The van der Waals surface area contributed by atoms with Crippen molar-refractivity contribution in [3.05, 3.63) is 35.9 Å². The van der Waals surface area contributed by atoms with E-state index >= 15 is 0 Å². The van der Waals surface area contributed by atoms with Crippen molar-refractivity contribution in [3.8, 4) is 0 Å². The summed E-state index contributed by atoms with van der Waals surface area (Å²) in [6.07, 6.45) is -5.00. The number of aliphatic hydroxyl groups excluding tert-OH is 1. The molecule has 1 aromatic rings. The van der Waals surface area contributed by atoms with Crippen molar-refractivity contribution in [2.45, 2.75) is 40.7 Å². The number of alkyl carbamates (subject to hydrolysis) is 1. The van der Waals surface area contributed by atoms with Gasteiger partial charge in [0.05, 0.1) is 6.61 Å². The van der Waals surface area contributed by atoms with E-state index in [1.807, 2.05) is 30.3 Å². The van der Waals surface area contributed by atoms with Crippen molar-refractivity contribution < 1.29 is 33.6 Å². The summed E-state index contributed by atoms with van der Waals surface area (Å²) in [5.41, 5.74) is 0.800. The first-order valence-corrected chi connectivity index (χ1v) is 9.60. The van der Waals surface area contributed by atoms with Crippen LogP contribution in [-0.4, -0.2) is 66.0 Å². The Labute approximate surface area is 176 Å². The summed E-state index contributed by atoms with van der Waals surface area (Å²) in [5, 5.41) is 13.3. The quantitative estimate of drug-likeness (QED) is 0.671. The normalized spacial score (nSPS) is 33.0. The van der Waals surface area contributed by atoms with E-state index in [-0.39, 0.29) is 6.61 Å². The summed E-state index contributed by atoms with van der Waals surface area (Å²) < 4.78 is 25.7. The highest BCUT2D eigenvalue weighted by molar-refractivity contribution is 6.67. The van der Waals surface area contributed by atoms with E-state index in [1.165, 1.54) is 7.11 Å². The molecule has 2 aliphatic heterocycles. The predicted molar refractivity (Wildman–Crippen MR) is 100 cm³/mol. The molecule has 0 aliphatic carbocycles. The smallest absolute Gasteiger partial charge is 0.407 e. The van der Waals surface area contributed by atoms with E-state index < -0.39 is 53.4 Å². The molecule has 1 unspecified atom stereocenters. The summed E-state index contributed by atoms with van der Waals surface area (Å²) in [4.78, 5) is 12.0. The van der Waals surface area contributed by atoms with Crippen LogP contribution in [-0.2, 0) is 23.7 Å². The number of ether oxygens (including phenoxy) is 5. The van der Waals surface area contributed by atoms with Gasteiger partial charge >= 0.3 is 6.09 Å². The Bertz CT molecular complexity index is 660. The van der Waals surface area contributed by atoms with Crippen LogP contribution in [0, 0.1) is 0 Å². The number of carbonyl (C=O) groups is 1. The molecule has 6 atom stereocenters. The molecule has 156 valence electrons. The second-order valence-corrected chi connectivity index (χ2v) is 8.82. The molecule has 2 fully saturated rings. The molecule has 2 N–H and O–H groups in total. The summed E-state index contributed by atoms with van der Waals surface area (Å²) >= 11 is 16.7. The molecule has 0 spiro atoms. The van der Waals surface area contributed by atoms with Crippen molar-refractivity contribution in [2.24, 2.45) is 0 Å². The van der Waals surface area contributed by atoms with Crippen molar-refractivity contribution in [1.82, 2.24) is 5.32 Å². The first kappa shape index (κ1) is 21.9. The molecule has 2 aliphatic rings. The van der Waals surface area contributed by atoms with Crippen LogP contribution in [0.1, 0.15) is 11.9 Å². The maximum absolute atomic E-state index is 12.0. The number of amides is 1. The Morgan fingerprint density at radius 1 is 1.29 bits per heavy atom. The van der Waals surface area contributed by atoms with Crippen LogP contribution in [0.3, 0.4) is 0 Å². The third-order valence-corrected chi connectivity index (χ3v) is 4.65. The first-order chi connectivity index (χ1) is 13.3. The summed E-state index contributed by atoms with van der Waals surface area (Å²) in [6.45, 7) is -0.275. The third kappa shape index (κ3) is 5.40. The Morgan fingerprint density at radius 3 is 2.64 bits per heavy atom. The van der Waals surface area contributed by atoms with Gasteiger partial charge in [0.2, 0.25) is 3.79 Å². The summed E-state index contributed by atoms with van der Waals surface area (Å²) in [7, 11) is 1.39. The van der Waals surface area contributed by atoms with E-state index in [0.717, 1.165) is 5.56 Å². The van der Waals surface area contributed by atoms with Gasteiger partial charge in [0, 0.05) is 12.7 Å². The number of benzene rings is 1. The van der Waals surface area contributed by atoms with Gasteiger partial charge in [-0.3, -0.25) is 0 Å². The van der Waals surface area contributed by atoms with Crippen molar-refractivity contribution in [2.75, 3.05) is 20.3 Å². The number of rotatable bonds is 4. The van der Waals surface area contributed by atoms with Crippen LogP contribution < -0.4 is 5.32 Å². The molecule has 8 nitrogen and oxygen atoms in total. The lowest BCUT2D eigenvalue weighted by molar-refractivity contribution is -0.341. The molecule has 2 heterocycles. The number of methoxy groups -OCH3 is 1. The maximum Gasteiger partial charge on any atom is 0.407 e. The minimum absolute atomic E-state index is 0.186. The predicted octanol–water partition coefficient (Wildman–Crippen LogP) is 2.30. The fourth-order valence-electron chi connectivity index (χ4n) is 3.05. The Morgan fingerprint density at radius 2 is 2.00 bits per heavy atom. The lowest BCUT2D eigenvalue weighted by Crippen LogP contribution is -2.66. The molecule has 0 aromatic heterocycles. The Kier molecular flexibility index (Phi) is 7.27. The number of aliphatic hydroxyl groups is 1. The number of fused-ring (bicyclic) bond motifs is 1. The number of hydrogen-bond donors (Lipinski definition) is 2. The van der Waals surface area contributed by atoms with Crippen LogP contribution in [0.4, 0.5) is 4.79 Å². The fourth-order valence-corrected chi connectivity index (χ4v) is 3.22. The van der Waals surface area contributed by atoms with Gasteiger partial charge in [-0.1, -0.05) is 65.1 Å². The molecule has 0 bridgehead atoms. The van der Waals surface area contributed by atoms with Gasteiger partial charge in [-0.15, -0.1) is 0 Å². The lowest BCUT2D eigenvalue weighted by Gasteiger charge is -2.47. The van der Waals surface area contributed by atoms with E-state index in [9.17, 15) is 9.90 Å². The number of hydrogen-bond acceptors (Lipinski definition) is 7. The van der Waals surface area contributed by atoms with Gasteiger partial charge in [0.1, 0.15) is 31.0 Å². The lowest BCUT2D eigenvalue weighted by atomic mass is 9.96. The van der Waals surface area contributed by atoms with Gasteiger partial charge in [-0.05, 0) is 0 Å². The van der Waals surface area contributed by atoms with E-state index in [2.05, 4.69) is 5.32 Å².